The van der Waals surface area contributed by atoms with Gasteiger partial charge >= 0.3 is 0 Å². The lowest BCUT2D eigenvalue weighted by atomic mass is 10.0. The first-order valence-corrected chi connectivity index (χ1v) is 8.62. The molecule has 2 aromatic rings. The largest absolute Gasteiger partial charge is 0.356 e. The fourth-order valence-corrected chi connectivity index (χ4v) is 3.07. The Morgan fingerprint density at radius 1 is 1.22 bits per heavy atom. The smallest absolute Gasteiger partial charge is 0.222 e. The van der Waals surface area contributed by atoms with Gasteiger partial charge in [0.25, 0.3) is 0 Å². The number of hydrogen-bond acceptors (Lipinski definition) is 3. The summed E-state index contributed by atoms with van der Waals surface area (Å²) in [5.41, 5.74) is 0.859. The summed E-state index contributed by atoms with van der Waals surface area (Å²) in [5, 5.41) is 8.35. The second-order valence-corrected chi connectivity index (χ2v) is 6.66. The van der Waals surface area contributed by atoms with Crippen molar-refractivity contribution in [1.29, 1.82) is 0 Å². The van der Waals surface area contributed by atoms with E-state index in [2.05, 4.69) is 10.6 Å². The molecule has 0 saturated heterocycles. The van der Waals surface area contributed by atoms with E-state index < -0.39 is 0 Å². The summed E-state index contributed by atoms with van der Waals surface area (Å²) >= 11 is 7.55. The normalized spacial score (nSPS) is 11.7. The number of rotatable bonds is 7. The van der Waals surface area contributed by atoms with Gasteiger partial charge in [0.15, 0.2) is 0 Å². The Hall–Kier alpha value is -1.85. The van der Waals surface area contributed by atoms with E-state index in [1.807, 2.05) is 29.6 Å². The number of thiophene rings is 1. The molecule has 1 heterocycles. The van der Waals surface area contributed by atoms with Gasteiger partial charge in [0.05, 0.1) is 12.5 Å². The summed E-state index contributed by atoms with van der Waals surface area (Å²) in [6, 6.07) is 10.8. The van der Waals surface area contributed by atoms with Crippen molar-refractivity contribution in [2.75, 3.05) is 6.54 Å². The Kier molecular flexibility index (Phi) is 6.62. The minimum absolute atomic E-state index is 0.0877. The van der Waals surface area contributed by atoms with E-state index in [1.165, 1.54) is 11.8 Å². The van der Waals surface area contributed by atoms with Crippen molar-refractivity contribution in [3.8, 4) is 0 Å². The van der Waals surface area contributed by atoms with Crippen LogP contribution in [-0.2, 0) is 16.0 Å². The molecule has 0 saturated carbocycles. The van der Waals surface area contributed by atoms with Crippen molar-refractivity contribution in [2.24, 2.45) is 0 Å². The molecule has 1 unspecified atom stereocenters. The van der Waals surface area contributed by atoms with E-state index in [9.17, 15) is 9.59 Å². The lowest BCUT2D eigenvalue weighted by Gasteiger charge is -2.18. The van der Waals surface area contributed by atoms with Crippen molar-refractivity contribution >= 4 is 34.8 Å². The van der Waals surface area contributed by atoms with Crippen LogP contribution in [-0.4, -0.2) is 18.4 Å². The zero-order valence-electron chi connectivity index (χ0n) is 12.8. The van der Waals surface area contributed by atoms with Gasteiger partial charge in [-0.15, -0.1) is 11.3 Å². The van der Waals surface area contributed by atoms with Crippen LogP contribution < -0.4 is 10.6 Å². The lowest BCUT2D eigenvalue weighted by molar-refractivity contribution is -0.122. The van der Waals surface area contributed by atoms with Crippen LogP contribution in [0.5, 0.6) is 0 Å². The van der Waals surface area contributed by atoms with Gasteiger partial charge in [-0.25, -0.2) is 0 Å². The average molecular weight is 351 g/mol. The summed E-state index contributed by atoms with van der Waals surface area (Å²) in [5.74, 6) is -0.258. The Labute approximate surface area is 144 Å². The van der Waals surface area contributed by atoms with Crippen molar-refractivity contribution in [1.82, 2.24) is 10.6 Å². The Bertz CT molecular complexity index is 641. The summed E-state index contributed by atoms with van der Waals surface area (Å²) in [6.45, 7) is 2.03. The van der Waals surface area contributed by atoms with Gasteiger partial charge in [0.1, 0.15) is 0 Å². The second-order valence-electron chi connectivity index (χ2n) is 5.19. The maximum atomic E-state index is 12.1. The van der Waals surface area contributed by atoms with Crippen LogP contribution in [0.25, 0.3) is 0 Å². The molecule has 23 heavy (non-hydrogen) atoms. The predicted molar refractivity (Wildman–Crippen MR) is 93.7 cm³/mol. The number of carbonyl (C=O) groups excluding carboxylic acids is 2. The maximum absolute atomic E-state index is 12.1. The third-order valence-electron chi connectivity index (χ3n) is 3.31. The molecule has 122 valence electrons. The molecule has 0 bridgehead atoms. The second kappa shape index (κ2) is 8.70. The quantitative estimate of drug-likeness (QED) is 0.804. The molecule has 1 aromatic carbocycles. The molecule has 2 rings (SSSR count). The summed E-state index contributed by atoms with van der Waals surface area (Å²) in [7, 11) is 0. The van der Waals surface area contributed by atoms with E-state index in [0.29, 0.717) is 11.6 Å². The molecular formula is C17H19ClN2O2S. The summed E-state index contributed by atoms with van der Waals surface area (Å²) in [6.07, 6.45) is 1.01. The van der Waals surface area contributed by atoms with Crippen molar-refractivity contribution in [3.05, 3.63) is 57.2 Å². The monoisotopic (exact) mass is 350 g/mol. The van der Waals surface area contributed by atoms with E-state index in [0.717, 1.165) is 12.0 Å². The van der Waals surface area contributed by atoms with Crippen LogP contribution in [0.15, 0.2) is 41.8 Å². The number of carbonyl (C=O) groups is 2. The number of halogens is 1. The van der Waals surface area contributed by atoms with Crippen LogP contribution in [0, 0.1) is 0 Å². The van der Waals surface area contributed by atoms with Crippen molar-refractivity contribution in [3.63, 3.8) is 0 Å². The standard InChI is InChI=1S/C17H19ClN2O2S/c1-12(21)20-16(13-4-6-14(18)7-5-13)11-17(22)19-9-8-15-3-2-10-23-15/h2-7,10,16H,8-9,11H2,1H3,(H,19,22)(H,20,21). The van der Waals surface area contributed by atoms with Gasteiger partial charge in [0.2, 0.25) is 11.8 Å². The number of hydrogen-bond donors (Lipinski definition) is 2. The number of nitrogens with one attached hydrogen (secondary N) is 2. The molecule has 0 aliphatic carbocycles. The van der Waals surface area contributed by atoms with Crippen molar-refractivity contribution < 1.29 is 9.59 Å². The first kappa shape index (κ1) is 17.5. The summed E-state index contributed by atoms with van der Waals surface area (Å²) < 4.78 is 0. The highest BCUT2D eigenvalue weighted by Crippen LogP contribution is 2.19. The summed E-state index contributed by atoms with van der Waals surface area (Å²) in [4.78, 5) is 24.7. The van der Waals surface area contributed by atoms with E-state index in [-0.39, 0.29) is 24.3 Å². The average Bonchev–Trinajstić information content (AvgIpc) is 3.00. The SMILES string of the molecule is CC(=O)NC(CC(=O)NCCc1cccs1)c1ccc(Cl)cc1. The molecular weight excluding hydrogens is 332 g/mol. The molecule has 0 spiro atoms. The molecule has 1 aromatic heterocycles. The Morgan fingerprint density at radius 2 is 1.96 bits per heavy atom. The third kappa shape index (κ3) is 6.04. The lowest BCUT2D eigenvalue weighted by Crippen LogP contribution is -2.33. The van der Waals surface area contributed by atoms with Crippen LogP contribution in [0.2, 0.25) is 5.02 Å². The van der Waals surface area contributed by atoms with Gasteiger partial charge in [-0.2, -0.15) is 0 Å². The Morgan fingerprint density at radius 3 is 2.57 bits per heavy atom. The minimum atomic E-state index is -0.355. The van der Waals surface area contributed by atoms with Crippen LogP contribution in [0.3, 0.4) is 0 Å². The van der Waals surface area contributed by atoms with Gasteiger partial charge in [-0.1, -0.05) is 29.8 Å². The van der Waals surface area contributed by atoms with E-state index in [4.69, 9.17) is 11.6 Å². The first-order chi connectivity index (χ1) is 11.0. The van der Waals surface area contributed by atoms with Crippen LogP contribution in [0.1, 0.15) is 29.8 Å². The molecule has 6 heteroatoms. The zero-order chi connectivity index (χ0) is 16.7. The molecule has 0 radical (unpaired) electrons. The topological polar surface area (TPSA) is 58.2 Å². The molecule has 0 aliphatic heterocycles. The molecule has 1 atom stereocenters. The van der Waals surface area contributed by atoms with Crippen LogP contribution >= 0.6 is 22.9 Å². The van der Waals surface area contributed by atoms with Crippen molar-refractivity contribution in [2.45, 2.75) is 25.8 Å². The molecule has 4 nitrogen and oxygen atoms in total. The van der Waals surface area contributed by atoms with E-state index >= 15 is 0 Å². The number of benzene rings is 1. The highest BCUT2D eigenvalue weighted by Gasteiger charge is 2.16. The van der Waals surface area contributed by atoms with Gasteiger partial charge < -0.3 is 10.6 Å². The molecule has 2 amide bonds. The highest BCUT2D eigenvalue weighted by molar-refractivity contribution is 7.09. The molecule has 2 N–H and O–H groups in total. The highest BCUT2D eigenvalue weighted by atomic mass is 35.5. The zero-order valence-corrected chi connectivity index (χ0v) is 14.4. The first-order valence-electron chi connectivity index (χ1n) is 7.36. The van der Waals surface area contributed by atoms with Gasteiger partial charge in [-0.3, -0.25) is 9.59 Å². The fourth-order valence-electron chi connectivity index (χ4n) is 2.23. The molecule has 0 fully saturated rings. The van der Waals surface area contributed by atoms with Crippen LogP contribution in [0.4, 0.5) is 0 Å². The third-order valence-corrected chi connectivity index (χ3v) is 4.50. The minimum Gasteiger partial charge on any atom is -0.356 e. The number of amides is 2. The predicted octanol–water partition coefficient (Wildman–Crippen LogP) is 3.33. The maximum Gasteiger partial charge on any atom is 0.222 e. The van der Waals surface area contributed by atoms with E-state index in [1.54, 1.807) is 23.5 Å². The fraction of sp³-hybridized carbons (Fsp3) is 0.294. The van der Waals surface area contributed by atoms with Gasteiger partial charge in [0, 0.05) is 23.4 Å². The Balaban J connectivity index is 1.89. The van der Waals surface area contributed by atoms with Gasteiger partial charge in [-0.05, 0) is 35.6 Å². The molecule has 0 aliphatic rings.